The van der Waals surface area contributed by atoms with Gasteiger partial charge >= 0.3 is 0 Å². The zero-order valence-electron chi connectivity index (χ0n) is 15.4. The molecule has 0 radical (unpaired) electrons. The Morgan fingerprint density at radius 2 is 2.11 bits per heavy atom. The summed E-state index contributed by atoms with van der Waals surface area (Å²) in [6.45, 7) is 5.39. The molecular formula is C16H21ClN4O3S3. The number of aryl methyl sites for hydroxylation is 1. The van der Waals surface area contributed by atoms with Gasteiger partial charge in [-0.05, 0) is 38.0 Å². The van der Waals surface area contributed by atoms with Crippen LogP contribution in [-0.4, -0.2) is 42.6 Å². The van der Waals surface area contributed by atoms with Crippen LogP contribution in [0.25, 0.3) is 0 Å². The predicted molar refractivity (Wildman–Crippen MR) is 113 cm³/mol. The number of rotatable bonds is 8. The summed E-state index contributed by atoms with van der Waals surface area (Å²) in [5, 5.41) is 11.3. The van der Waals surface area contributed by atoms with E-state index in [0.717, 1.165) is 32.6 Å². The zero-order chi connectivity index (χ0) is 20.2. The number of thioether (sulfide) groups is 1. The van der Waals surface area contributed by atoms with Crippen molar-refractivity contribution in [2.45, 2.75) is 37.6 Å². The second-order valence-corrected chi connectivity index (χ2v) is 10.5. The van der Waals surface area contributed by atoms with E-state index < -0.39 is 22.0 Å². The number of benzene rings is 1. The topological polar surface area (TPSA) is 92.3 Å². The van der Waals surface area contributed by atoms with Gasteiger partial charge < -0.3 is 0 Å². The minimum absolute atomic E-state index is 0.326. The molecule has 0 spiro atoms. The molecule has 1 N–H and O–H groups in total. The molecule has 0 saturated carbocycles. The monoisotopic (exact) mass is 448 g/mol. The van der Waals surface area contributed by atoms with E-state index in [9.17, 15) is 13.2 Å². The first-order chi connectivity index (χ1) is 12.6. The molecule has 1 atom stereocenters. The molecule has 11 heteroatoms. The van der Waals surface area contributed by atoms with Gasteiger partial charge in [-0.1, -0.05) is 47.7 Å². The first-order valence-corrected chi connectivity index (χ1v) is 12.2. The Balaban J connectivity index is 2.22. The number of nitrogens with one attached hydrogen (secondary N) is 1. The summed E-state index contributed by atoms with van der Waals surface area (Å²) in [6.07, 6.45) is 2.06. The van der Waals surface area contributed by atoms with Crippen LogP contribution in [-0.2, 0) is 14.8 Å². The van der Waals surface area contributed by atoms with Crippen LogP contribution in [0.2, 0.25) is 5.02 Å². The van der Waals surface area contributed by atoms with Gasteiger partial charge in [0.05, 0.1) is 11.9 Å². The number of aromatic nitrogens is 2. The van der Waals surface area contributed by atoms with Crippen LogP contribution in [0.15, 0.2) is 22.5 Å². The van der Waals surface area contributed by atoms with Gasteiger partial charge in [-0.15, -0.1) is 10.2 Å². The highest BCUT2D eigenvalue weighted by atomic mass is 35.5. The summed E-state index contributed by atoms with van der Waals surface area (Å²) in [4.78, 5) is 12.6. The Morgan fingerprint density at radius 1 is 1.41 bits per heavy atom. The normalized spacial score (nSPS) is 12.6. The van der Waals surface area contributed by atoms with Crippen LogP contribution in [0.4, 0.5) is 10.8 Å². The van der Waals surface area contributed by atoms with E-state index in [1.165, 1.54) is 24.3 Å². The summed E-state index contributed by atoms with van der Waals surface area (Å²) in [6, 6.07) is 3.87. The highest BCUT2D eigenvalue weighted by Crippen LogP contribution is 2.28. The number of hydrogen-bond donors (Lipinski definition) is 1. The zero-order valence-corrected chi connectivity index (χ0v) is 18.6. The Bertz CT molecular complexity index is 917. The average molecular weight is 449 g/mol. The molecule has 0 fully saturated rings. The van der Waals surface area contributed by atoms with Crippen molar-refractivity contribution in [2.24, 2.45) is 0 Å². The van der Waals surface area contributed by atoms with Crippen molar-refractivity contribution in [2.75, 3.05) is 21.6 Å². The third-order valence-electron chi connectivity index (χ3n) is 3.56. The Labute approximate surface area is 172 Å². The molecule has 27 heavy (non-hydrogen) atoms. The van der Waals surface area contributed by atoms with Gasteiger partial charge in [-0.3, -0.25) is 14.4 Å². The van der Waals surface area contributed by atoms with Gasteiger partial charge in [0.2, 0.25) is 21.1 Å². The first kappa shape index (κ1) is 21.9. The predicted octanol–water partition coefficient (Wildman–Crippen LogP) is 3.80. The molecule has 0 saturated heterocycles. The molecule has 0 bridgehead atoms. The molecule has 0 unspecified atom stereocenters. The molecule has 1 heterocycles. The van der Waals surface area contributed by atoms with E-state index >= 15 is 0 Å². The van der Waals surface area contributed by atoms with Gasteiger partial charge in [0.25, 0.3) is 0 Å². The van der Waals surface area contributed by atoms with Crippen molar-refractivity contribution in [3.8, 4) is 0 Å². The van der Waals surface area contributed by atoms with E-state index in [0.29, 0.717) is 15.8 Å². The Hall–Kier alpha value is -1.36. The van der Waals surface area contributed by atoms with Crippen molar-refractivity contribution in [1.29, 1.82) is 0 Å². The number of amides is 1. The minimum atomic E-state index is -3.71. The third-order valence-corrected chi connectivity index (χ3v) is 7.39. The molecule has 1 aromatic heterocycles. The van der Waals surface area contributed by atoms with Crippen molar-refractivity contribution >= 4 is 61.4 Å². The van der Waals surface area contributed by atoms with Crippen LogP contribution >= 0.6 is 34.7 Å². The molecule has 0 aliphatic rings. The van der Waals surface area contributed by atoms with Crippen LogP contribution in [0.5, 0.6) is 0 Å². The molecule has 2 aromatic rings. The highest BCUT2D eigenvalue weighted by molar-refractivity contribution is 8.01. The second-order valence-electron chi connectivity index (χ2n) is 5.88. The maximum absolute atomic E-state index is 12.6. The Kier molecular flexibility index (Phi) is 7.49. The Morgan fingerprint density at radius 3 is 2.70 bits per heavy atom. The van der Waals surface area contributed by atoms with Crippen molar-refractivity contribution < 1.29 is 13.2 Å². The van der Waals surface area contributed by atoms with E-state index in [4.69, 9.17) is 11.6 Å². The average Bonchev–Trinajstić information content (AvgIpc) is 3.02. The lowest BCUT2D eigenvalue weighted by molar-refractivity contribution is -0.116. The van der Waals surface area contributed by atoms with Crippen LogP contribution in [0.3, 0.4) is 0 Å². The number of anilines is 2. The van der Waals surface area contributed by atoms with E-state index in [2.05, 4.69) is 22.4 Å². The van der Waals surface area contributed by atoms with Crippen LogP contribution < -0.4 is 9.62 Å². The number of halogens is 1. The van der Waals surface area contributed by atoms with E-state index in [-0.39, 0.29) is 0 Å². The molecule has 0 aliphatic carbocycles. The van der Waals surface area contributed by atoms with Gasteiger partial charge in [0.1, 0.15) is 6.04 Å². The fourth-order valence-corrected chi connectivity index (χ4v) is 5.27. The molecule has 1 aromatic carbocycles. The summed E-state index contributed by atoms with van der Waals surface area (Å²) >= 11 is 8.94. The molecule has 7 nitrogen and oxygen atoms in total. The molecular weight excluding hydrogens is 428 g/mol. The highest BCUT2D eigenvalue weighted by Gasteiger charge is 2.30. The number of carbonyl (C=O) groups excluding carboxylic acids is 1. The SMILES string of the molecule is CCCSc1nnc(NC(=O)[C@@H](C)N(c2ccc(C)c(Cl)c2)S(C)(=O)=O)s1. The summed E-state index contributed by atoms with van der Waals surface area (Å²) < 4.78 is 26.4. The number of sulfonamides is 1. The fraction of sp³-hybridized carbons (Fsp3) is 0.438. The molecule has 2 rings (SSSR count). The molecule has 148 valence electrons. The maximum Gasteiger partial charge on any atom is 0.249 e. The number of nitrogens with zero attached hydrogens (tertiary/aromatic N) is 3. The lowest BCUT2D eigenvalue weighted by Crippen LogP contribution is -2.45. The number of carbonyl (C=O) groups is 1. The van der Waals surface area contributed by atoms with Crippen molar-refractivity contribution in [1.82, 2.24) is 10.2 Å². The van der Waals surface area contributed by atoms with E-state index in [1.807, 2.05) is 6.92 Å². The molecule has 0 aliphatic heterocycles. The van der Waals surface area contributed by atoms with Crippen LogP contribution in [0.1, 0.15) is 25.8 Å². The van der Waals surface area contributed by atoms with Gasteiger partial charge in [0, 0.05) is 10.8 Å². The first-order valence-electron chi connectivity index (χ1n) is 8.16. The van der Waals surface area contributed by atoms with Gasteiger partial charge in [-0.25, -0.2) is 8.42 Å². The number of hydrogen-bond acceptors (Lipinski definition) is 7. The smallest absolute Gasteiger partial charge is 0.249 e. The summed E-state index contributed by atoms with van der Waals surface area (Å²) in [7, 11) is -3.71. The minimum Gasteiger partial charge on any atom is -0.299 e. The van der Waals surface area contributed by atoms with Crippen LogP contribution in [0, 0.1) is 6.92 Å². The lowest BCUT2D eigenvalue weighted by atomic mass is 10.2. The van der Waals surface area contributed by atoms with Crippen molar-refractivity contribution in [3.63, 3.8) is 0 Å². The van der Waals surface area contributed by atoms with Gasteiger partial charge in [0.15, 0.2) is 4.34 Å². The van der Waals surface area contributed by atoms with E-state index in [1.54, 1.807) is 23.9 Å². The second kappa shape index (κ2) is 9.22. The summed E-state index contributed by atoms with van der Waals surface area (Å²) in [5.74, 6) is 0.412. The standard InChI is InChI=1S/C16H21ClN4O3S3/c1-5-8-25-16-20-19-15(26-16)18-14(22)11(3)21(27(4,23)24)12-7-6-10(2)13(17)9-12/h6-7,9,11H,5,8H2,1-4H3,(H,18,19,22)/t11-/m1/s1. The van der Waals surface area contributed by atoms with Gasteiger partial charge in [-0.2, -0.15) is 0 Å². The lowest BCUT2D eigenvalue weighted by Gasteiger charge is -2.28. The maximum atomic E-state index is 12.6. The fourth-order valence-electron chi connectivity index (χ4n) is 2.25. The van der Waals surface area contributed by atoms with Crippen molar-refractivity contribution in [3.05, 3.63) is 28.8 Å². The largest absolute Gasteiger partial charge is 0.299 e. The quantitative estimate of drug-likeness (QED) is 0.487. The summed E-state index contributed by atoms with van der Waals surface area (Å²) in [5.41, 5.74) is 1.14. The molecule has 1 amide bonds. The third kappa shape index (κ3) is 5.81.